The molecular formula is C12H16F3NO2. The summed E-state index contributed by atoms with van der Waals surface area (Å²) in [5, 5.41) is 0. The highest BCUT2D eigenvalue weighted by atomic mass is 19.4. The summed E-state index contributed by atoms with van der Waals surface area (Å²) in [6.07, 6.45) is -4.30. The van der Waals surface area contributed by atoms with E-state index in [1.54, 1.807) is 12.1 Å². The second-order valence-electron chi connectivity index (χ2n) is 3.84. The molecule has 1 atom stereocenters. The largest absolute Gasteiger partial charge is 0.491 e. The SMILES string of the molecule is C[C@@H](N)c1ccccc1OCCOCC(F)(F)F. The smallest absolute Gasteiger partial charge is 0.411 e. The van der Waals surface area contributed by atoms with Gasteiger partial charge in [0.15, 0.2) is 0 Å². The number of alkyl halides is 3. The number of rotatable bonds is 6. The van der Waals surface area contributed by atoms with Crippen molar-refractivity contribution in [1.29, 1.82) is 0 Å². The molecule has 18 heavy (non-hydrogen) atoms. The van der Waals surface area contributed by atoms with Crippen LogP contribution in [0.25, 0.3) is 0 Å². The molecule has 0 aromatic heterocycles. The Balaban J connectivity index is 2.36. The van der Waals surface area contributed by atoms with Gasteiger partial charge in [0.05, 0.1) is 6.61 Å². The van der Waals surface area contributed by atoms with Gasteiger partial charge < -0.3 is 15.2 Å². The van der Waals surface area contributed by atoms with Crippen molar-refractivity contribution in [1.82, 2.24) is 0 Å². The Hall–Kier alpha value is -1.27. The van der Waals surface area contributed by atoms with Crippen LogP contribution in [0.1, 0.15) is 18.5 Å². The van der Waals surface area contributed by atoms with Crippen LogP contribution in [0.5, 0.6) is 5.75 Å². The van der Waals surface area contributed by atoms with Crippen LogP contribution in [0.4, 0.5) is 13.2 Å². The van der Waals surface area contributed by atoms with Crippen LogP contribution < -0.4 is 10.5 Å². The van der Waals surface area contributed by atoms with Crippen molar-refractivity contribution in [3.63, 3.8) is 0 Å². The first-order chi connectivity index (χ1) is 8.40. The zero-order valence-corrected chi connectivity index (χ0v) is 10.0. The first-order valence-corrected chi connectivity index (χ1v) is 5.52. The van der Waals surface area contributed by atoms with E-state index in [1.807, 2.05) is 19.1 Å². The zero-order chi connectivity index (χ0) is 13.6. The number of para-hydroxylation sites is 1. The molecule has 1 aromatic carbocycles. The maximum atomic E-state index is 11.8. The van der Waals surface area contributed by atoms with Gasteiger partial charge in [0.25, 0.3) is 0 Å². The van der Waals surface area contributed by atoms with E-state index >= 15 is 0 Å². The third-order valence-electron chi connectivity index (χ3n) is 2.16. The van der Waals surface area contributed by atoms with Gasteiger partial charge >= 0.3 is 6.18 Å². The van der Waals surface area contributed by atoms with Crippen molar-refractivity contribution in [3.05, 3.63) is 29.8 Å². The van der Waals surface area contributed by atoms with Crippen molar-refractivity contribution < 1.29 is 22.6 Å². The van der Waals surface area contributed by atoms with E-state index in [2.05, 4.69) is 4.74 Å². The summed E-state index contributed by atoms with van der Waals surface area (Å²) < 4.78 is 45.2. The first-order valence-electron chi connectivity index (χ1n) is 5.52. The Morgan fingerprint density at radius 2 is 1.89 bits per heavy atom. The third-order valence-corrected chi connectivity index (χ3v) is 2.16. The Morgan fingerprint density at radius 1 is 1.22 bits per heavy atom. The normalized spacial score (nSPS) is 13.4. The van der Waals surface area contributed by atoms with Gasteiger partial charge in [-0.3, -0.25) is 0 Å². The quantitative estimate of drug-likeness (QED) is 0.802. The minimum absolute atomic E-state index is 0.0554. The number of hydrogen-bond acceptors (Lipinski definition) is 3. The van der Waals surface area contributed by atoms with Gasteiger partial charge in [0.2, 0.25) is 0 Å². The predicted octanol–water partition coefficient (Wildman–Crippen LogP) is 2.66. The van der Waals surface area contributed by atoms with E-state index in [4.69, 9.17) is 10.5 Å². The second-order valence-corrected chi connectivity index (χ2v) is 3.84. The fraction of sp³-hybridized carbons (Fsp3) is 0.500. The summed E-state index contributed by atoms with van der Waals surface area (Å²) in [6.45, 7) is 0.486. The Bertz CT molecular complexity index is 367. The fourth-order valence-corrected chi connectivity index (χ4v) is 1.39. The Kier molecular flexibility index (Phi) is 5.43. The molecule has 0 radical (unpaired) electrons. The van der Waals surface area contributed by atoms with Crippen LogP contribution >= 0.6 is 0 Å². The van der Waals surface area contributed by atoms with Crippen molar-refractivity contribution in [2.45, 2.75) is 19.1 Å². The maximum absolute atomic E-state index is 11.8. The molecule has 0 unspecified atom stereocenters. The van der Waals surface area contributed by atoms with Gasteiger partial charge in [-0.25, -0.2) is 0 Å². The highest BCUT2D eigenvalue weighted by Crippen LogP contribution is 2.23. The number of halogens is 3. The van der Waals surface area contributed by atoms with Crippen molar-refractivity contribution in [3.8, 4) is 5.75 Å². The molecule has 0 aliphatic carbocycles. The van der Waals surface area contributed by atoms with Crippen molar-refractivity contribution in [2.75, 3.05) is 19.8 Å². The number of hydrogen-bond donors (Lipinski definition) is 1. The van der Waals surface area contributed by atoms with Gasteiger partial charge in [0.1, 0.15) is 19.0 Å². The predicted molar refractivity (Wildman–Crippen MR) is 61.4 cm³/mol. The molecule has 0 spiro atoms. The molecule has 2 N–H and O–H groups in total. The average Bonchev–Trinajstić information content (AvgIpc) is 2.27. The van der Waals surface area contributed by atoms with Crippen LogP contribution in [0, 0.1) is 0 Å². The first kappa shape index (κ1) is 14.8. The van der Waals surface area contributed by atoms with E-state index in [-0.39, 0.29) is 19.3 Å². The number of nitrogens with two attached hydrogens (primary N) is 1. The lowest BCUT2D eigenvalue weighted by atomic mass is 10.1. The van der Waals surface area contributed by atoms with Crippen molar-refractivity contribution in [2.24, 2.45) is 5.73 Å². The topological polar surface area (TPSA) is 44.5 Å². The van der Waals surface area contributed by atoms with Gasteiger partial charge in [-0.15, -0.1) is 0 Å². The standard InChI is InChI=1S/C12H16F3NO2/c1-9(16)10-4-2-3-5-11(10)18-7-6-17-8-12(13,14)15/h2-5,9H,6-8,16H2,1H3/t9-/m1/s1. The molecule has 0 aliphatic rings. The third kappa shape index (κ3) is 5.37. The van der Waals surface area contributed by atoms with Crippen LogP contribution in [-0.4, -0.2) is 26.0 Å². The molecule has 0 saturated carbocycles. The summed E-state index contributed by atoms with van der Waals surface area (Å²) in [6, 6.07) is 6.94. The minimum atomic E-state index is -4.30. The lowest BCUT2D eigenvalue weighted by Crippen LogP contribution is -2.19. The lowest BCUT2D eigenvalue weighted by molar-refractivity contribution is -0.175. The Morgan fingerprint density at radius 3 is 2.50 bits per heavy atom. The van der Waals surface area contributed by atoms with E-state index in [0.29, 0.717) is 5.75 Å². The number of benzene rings is 1. The van der Waals surface area contributed by atoms with Crippen LogP contribution in [0.15, 0.2) is 24.3 Å². The molecule has 1 rings (SSSR count). The lowest BCUT2D eigenvalue weighted by Gasteiger charge is -2.14. The highest BCUT2D eigenvalue weighted by Gasteiger charge is 2.27. The molecule has 0 heterocycles. The summed E-state index contributed by atoms with van der Waals surface area (Å²) in [5.41, 5.74) is 6.56. The molecule has 6 heteroatoms. The molecule has 1 aromatic rings. The van der Waals surface area contributed by atoms with Crippen LogP contribution in [0.3, 0.4) is 0 Å². The molecule has 0 fully saturated rings. The molecule has 0 amide bonds. The molecular weight excluding hydrogens is 247 g/mol. The summed E-state index contributed by atoms with van der Waals surface area (Å²) in [5.74, 6) is 0.572. The van der Waals surface area contributed by atoms with Gasteiger partial charge in [-0.1, -0.05) is 18.2 Å². The van der Waals surface area contributed by atoms with E-state index in [9.17, 15) is 13.2 Å². The molecule has 3 nitrogen and oxygen atoms in total. The van der Waals surface area contributed by atoms with Gasteiger partial charge in [-0.2, -0.15) is 13.2 Å². The summed E-state index contributed by atoms with van der Waals surface area (Å²) in [7, 11) is 0. The monoisotopic (exact) mass is 263 g/mol. The maximum Gasteiger partial charge on any atom is 0.411 e. The molecule has 102 valence electrons. The zero-order valence-electron chi connectivity index (χ0n) is 10.0. The second kappa shape index (κ2) is 6.61. The Labute approximate surface area is 104 Å². The van der Waals surface area contributed by atoms with Crippen LogP contribution in [0.2, 0.25) is 0 Å². The van der Waals surface area contributed by atoms with E-state index in [1.165, 1.54) is 0 Å². The number of ether oxygens (including phenoxy) is 2. The van der Waals surface area contributed by atoms with Gasteiger partial charge in [0, 0.05) is 11.6 Å². The van der Waals surface area contributed by atoms with E-state index in [0.717, 1.165) is 5.56 Å². The molecule has 0 saturated heterocycles. The summed E-state index contributed by atoms with van der Waals surface area (Å²) >= 11 is 0. The molecule has 0 aliphatic heterocycles. The minimum Gasteiger partial charge on any atom is -0.491 e. The van der Waals surface area contributed by atoms with Crippen molar-refractivity contribution >= 4 is 0 Å². The molecule has 0 bridgehead atoms. The van der Waals surface area contributed by atoms with E-state index < -0.39 is 12.8 Å². The fourth-order valence-electron chi connectivity index (χ4n) is 1.39. The average molecular weight is 263 g/mol. The summed E-state index contributed by atoms with van der Waals surface area (Å²) in [4.78, 5) is 0. The van der Waals surface area contributed by atoms with Crippen LogP contribution in [-0.2, 0) is 4.74 Å². The highest BCUT2D eigenvalue weighted by molar-refractivity contribution is 5.35. The van der Waals surface area contributed by atoms with Gasteiger partial charge in [-0.05, 0) is 13.0 Å².